The molecule has 1 nitrogen and oxygen atoms in total. The standard InChI is InChI=1S/C5H9N.C2H6/c1-4-2-6-3-5(1)4;1-2/h4-6H,1-3H2;1-2H3/t4-,5+;. The molecule has 2 atom stereocenters. The second-order valence-electron chi connectivity index (χ2n) is 2.41. The fourth-order valence-electron chi connectivity index (χ4n) is 1.26. The second-order valence-corrected chi connectivity index (χ2v) is 2.41. The molecule has 0 aromatic heterocycles. The van der Waals surface area contributed by atoms with Crippen LogP contribution in [0, 0.1) is 11.8 Å². The van der Waals surface area contributed by atoms with Crippen LogP contribution in [0.4, 0.5) is 0 Å². The van der Waals surface area contributed by atoms with E-state index in [1.807, 2.05) is 13.8 Å². The molecule has 2 rings (SSSR count). The van der Waals surface area contributed by atoms with Gasteiger partial charge in [-0.1, -0.05) is 13.8 Å². The molecule has 0 bridgehead atoms. The summed E-state index contributed by atoms with van der Waals surface area (Å²) in [4.78, 5) is 0. The highest BCUT2D eigenvalue weighted by Crippen LogP contribution is 2.40. The molecule has 1 saturated heterocycles. The second kappa shape index (κ2) is 2.49. The van der Waals surface area contributed by atoms with E-state index >= 15 is 0 Å². The van der Waals surface area contributed by atoms with Gasteiger partial charge in [-0.25, -0.2) is 0 Å². The molecule has 0 amide bonds. The summed E-state index contributed by atoms with van der Waals surface area (Å²) in [6, 6.07) is 0. The van der Waals surface area contributed by atoms with Gasteiger partial charge in [0, 0.05) is 0 Å². The van der Waals surface area contributed by atoms with Gasteiger partial charge in [-0.3, -0.25) is 0 Å². The normalized spacial score (nSPS) is 39.8. The van der Waals surface area contributed by atoms with Gasteiger partial charge < -0.3 is 5.32 Å². The number of fused-ring (bicyclic) bond motifs is 1. The van der Waals surface area contributed by atoms with Gasteiger partial charge in [0.1, 0.15) is 0 Å². The van der Waals surface area contributed by atoms with Crippen LogP contribution in [0.2, 0.25) is 0 Å². The molecule has 0 spiro atoms. The quantitative estimate of drug-likeness (QED) is 0.498. The molecule has 48 valence electrons. The van der Waals surface area contributed by atoms with Crippen LogP contribution in [-0.2, 0) is 0 Å². The lowest BCUT2D eigenvalue weighted by molar-refractivity contribution is 0.732. The molecule has 1 heterocycles. The van der Waals surface area contributed by atoms with Crippen LogP contribution in [0.5, 0.6) is 0 Å². The van der Waals surface area contributed by atoms with E-state index in [1.165, 1.54) is 19.5 Å². The van der Waals surface area contributed by atoms with Crippen molar-refractivity contribution >= 4 is 0 Å². The van der Waals surface area contributed by atoms with Crippen molar-refractivity contribution in [2.45, 2.75) is 20.3 Å². The summed E-state index contributed by atoms with van der Waals surface area (Å²) < 4.78 is 0. The van der Waals surface area contributed by atoms with Crippen LogP contribution < -0.4 is 5.32 Å². The van der Waals surface area contributed by atoms with Crippen LogP contribution in [0.3, 0.4) is 0 Å². The number of piperidine rings is 1. The Morgan fingerprint density at radius 3 is 1.75 bits per heavy atom. The highest BCUT2D eigenvalue weighted by atomic mass is 14.9. The lowest BCUT2D eigenvalue weighted by atomic mass is 10.4. The van der Waals surface area contributed by atoms with Gasteiger partial charge in [0.2, 0.25) is 0 Å². The molecular formula is C7H15N. The SMILES string of the molecule is C1NC[C@H]2C[C@@H]12.CC. The number of hydrogen-bond acceptors (Lipinski definition) is 1. The average Bonchev–Trinajstić information content (AvgIpc) is 2.46. The average molecular weight is 113 g/mol. The Morgan fingerprint density at radius 2 is 1.62 bits per heavy atom. The monoisotopic (exact) mass is 113 g/mol. The van der Waals surface area contributed by atoms with Gasteiger partial charge in [-0.15, -0.1) is 0 Å². The molecule has 0 aromatic rings. The predicted molar refractivity (Wildman–Crippen MR) is 35.8 cm³/mol. The van der Waals surface area contributed by atoms with Crippen molar-refractivity contribution in [3.63, 3.8) is 0 Å². The first-order valence-electron chi connectivity index (χ1n) is 3.67. The van der Waals surface area contributed by atoms with Gasteiger partial charge >= 0.3 is 0 Å². The summed E-state index contributed by atoms with van der Waals surface area (Å²) in [5, 5.41) is 3.32. The maximum absolute atomic E-state index is 3.32. The van der Waals surface area contributed by atoms with Crippen molar-refractivity contribution in [1.29, 1.82) is 0 Å². The first-order chi connectivity index (χ1) is 3.97. The minimum atomic E-state index is 1.10. The van der Waals surface area contributed by atoms with Gasteiger partial charge in [-0.2, -0.15) is 0 Å². The third kappa shape index (κ3) is 1.03. The maximum atomic E-state index is 3.32. The minimum Gasteiger partial charge on any atom is -0.316 e. The van der Waals surface area contributed by atoms with Crippen LogP contribution in [0.1, 0.15) is 20.3 Å². The summed E-state index contributed by atoms with van der Waals surface area (Å²) in [6.07, 6.45) is 1.52. The molecule has 1 N–H and O–H groups in total. The van der Waals surface area contributed by atoms with Crippen molar-refractivity contribution in [1.82, 2.24) is 5.32 Å². The van der Waals surface area contributed by atoms with Crippen molar-refractivity contribution < 1.29 is 0 Å². The van der Waals surface area contributed by atoms with Crippen LogP contribution >= 0.6 is 0 Å². The van der Waals surface area contributed by atoms with Gasteiger partial charge in [0.15, 0.2) is 0 Å². The maximum Gasteiger partial charge on any atom is -0.00172 e. The summed E-state index contributed by atoms with van der Waals surface area (Å²) in [5.41, 5.74) is 0. The zero-order valence-corrected chi connectivity index (χ0v) is 5.78. The summed E-state index contributed by atoms with van der Waals surface area (Å²) >= 11 is 0. The van der Waals surface area contributed by atoms with E-state index in [0.717, 1.165) is 11.8 Å². The van der Waals surface area contributed by atoms with E-state index in [4.69, 9.17) is 0 Å². The molecule has 1 saturated carbocycles. The molecular weight excluding hydrogens is 98.1 g/mol. The fraction of sp³-hybridized carbons (Fsp3) is 1.00. The largest absolute Gasteiger partial charge is 0.316 e. The zero-order valence-electron chi connectivity index (χ0n) is 5.78. The Kier molecular flexibility index (Phi) is 1.90. The van der Waals surface area contributed by atoms with E-state index in [0.29, 0.717) is 0 Å². The summed E-state index contributed by atoms with van der Waals surface area (Å²) in [7, 11) is 0. The Morgan fingerprint density at radius 1 is 1.12 bits per heavy atom. The third-order valence-corrected chi connectivity index (χ3v) is 1.88. The van der Waals surface area contributed by atoms with Crippen molar-refractivity contribution in [2.24, 2.45) is 11.8 Å². The summed E-state index contributed by atoms with van der Waals surface area (Å²) in [5.74, 6) is 2.20. The zero-order chi connectivity index (χ0) is 5.98. The first kappa shape index (κ1) is 6.09. The fourth-order valence-corrected chi connectivity index (χ4v) is 1.26. The molecule has 2 aliphatic rings. The number of hydrogen-bond donors (Lipinski definition) is 1. The molecule has 1 aliphatic carbocycles. The molecule has 1 aliphatic heterocycles. The lowest BCUT2D eigenvalue weighted by Gasteiger charge is -1.87. The molecule has 8 heavy (non-hydrogen) atoms. The Hall–Kier alpha value is -0.0400. The Bertz CT molecular complexity index is 62.8. The van der Waals surface area contributed by atoms with Gasteiger partial charge in [-0.05, 0) is 31.3 Å². The van der Waals surface area contributed by atoms with E-state index in [2.05, 4.69) is 5.32 Å². The predicted octanol–water partition coefficient (Wildman–Crippen LogP) is 1.25. The van der Waals surface area contributed by atoms with Gasteiger partial charge in [0.05, 0.1) is 0 Å². The molecule has 2 fully saturated rings. The van der Waals surface area contributed by atoms with Crippen LogP contribution in [-0.4, -0.2) is 13.1 Å². The topological polar surface area (TPSA) is 12.0 Å². The number of nitrogens with one attached hydrogen (secondary N) is 1. The molecule has 0 radical (unpaired) electrons. The van der Waals surface area contributed by atoms with E-state index < -0.39 is 0 Å². The van der Waals surface area contributed by atoms with Crippen molar-refractivity contribution in [3.05, 3.63) is 0 Å². The highest BCUT2D eigenvalue weighted by Gasteiger charge is 2.40. The Labute approximate surface area is 51.5 Å². The molecule has 0 aromatic carbocycles. The van der Waals surface area contributed by atoms with Crippen molar-refractivity contribution in [2.75, 3.05) is 13.1 Å². The lowest BCUT2D eigenvalue weighted by Crippen LogP contribution is -2.10. The van der Waals surface area contributed by atoms with Gasteiger partial charge in [0.25, 0.3) is 0 Å². The molecule has 0 unspecified atom stereocenters. The molecule has 1 heteroatoms. The summed E-state index contributed by atoms with van der Waals surface area (Å²) in [6.45, 7) is 6.62. The highest BCUT2D eigenvalue weighted by molar-refractivity contribution is 4.94. The third-order valence-electron chi connectivity index (χ3n) is 1.88. The first-order valence-corrected chi connectivity index (χ1v) is 3.67. The van der Waals surface area contributed by atoms with Crippen LogP contribution in [0.25, 0.3) is 0 Å². The number of rotatable bonds is 0. The van der Waals surface area contributed by atoms with E-state index in [-0.39, 0.29) is 0 Å². The Balaban J connectivity index is 0.000000147. The van der Waals surface area contributed by atoms with Crippen molar-refractivity contribution in [3.8, 4) is 0 Å². The smallest absolute Gasteiger partial charge is 0.00172 e. The van der Waals surface area contributed by atoms with E-state index in [1.54, 1.807) is 0 Å². The van der Waals surface area contributed by atoms with E-state index in [9.17, 15) is 0 Å². The van der Waals surface area contributed by atoms with Crippen LogP contribution in [0.15, 0.2) is 0 Å². The minimum absolute atomic E-state index is 1.10.